The van der Waals surface area contributed by atoms with Gasteiger partial charge in [0.1, 0.15) is 0 Å². The van der Waals surface area contributed by atoms with Crippen LogP contribution in [0.25, 0.3) is 11.1 Å². The van der Waals surface area contributed by atoms with Gasteiger partial charge in [-0.1, -0.05) is 42.3 Å². The molecule has 1 amide bonds. The van der Waals surface area contributed by atoms with Crippen LogP contribution in [0.1, 0.15) is 30.1 Å². The molecule has 0 spiro atoms. The minimum Gasteiger partial charge on any atom is -0.349 e. The van der Waals surface area contributed by atoms with Gasteiger partial charge in [-0.25, -0.2) is 4.67 Å². The number of hydrogen-bond donors (Lipinski definition) is 2. The van der Waals surface area contributed by atoms with Gasteiger partial charge in [0, 0.05) is 46.7 Å². The highest BCUT2D eigenvalue weighted by atomic mass is 35.5. The number of hydrogen-bond acceptors (Lipinski definition) is 4. The van der Waals surface area contributed by atoms with Gasteiger partial charge in [0.2, 0.25) is 0 Å². The first kappa shape index (κ1) is 24.6. The normalized spacial score (nSPS) is 18.4. The van der Waals surface area contributed by atoms with Crippen molar-refractivity contribution in [2.24, 2.45) is 0 Å². The molecule has 0 radical (unpaired) electrons. The molecule has 5 nitrogen and oxygen atoms in total. The summed E-state index contributed by atoms with van der Waals surface area (Å²) in [5.74, 6) is -0.131. The molecule has 1 heterocycles. The van der Waals surface area contributed by atoms with Gasteiger partial charge in [0.25, 0.3) is 13.4 Å². The fourth-order valence-electron chi connectivity index (χ4n) is 3.53. The zero-order valence-electron chi connectivity index (χ0n) is 17.6. The molecular weight excluding hydrogens is 474 g/mol. The molecule has 2 aromatic rings. The minimum absolute atomic E-state index is 0.0248. The highest BCUT2D eigenvalue weighted by molar-refractivity contribution is 7.81. The summed E-state index contributed by atoms with van der Waals surface area (Å²) < 4.78 is 20.3. The van der Waals surface area contributed by atoms with Crippen LogP contribution < -0.4 is 5.32 Å². The van der Waals surface area contributed by atoms with E-state index in [0.29, 0.717) is 48.1 Å². The second-order valence-electron chi connectivity index (χ2n) is 7.89. The SMILES string of the molecule is CC(S)COP(C)(=O)N1CCC(NC(=O)c2cccc(-c3cc(Cl)cc(Cl)c3)c2)CC1. The van der Waals surface area contributed by atoms with Crippen LogP contribution in [0, 0.1) is 0 Å². The first-order valence-electron chi connectivity index (χ1n) is 10.2. The Bertz CT molecular complexity index is 961. The van der Waals surface area contributed by atoms with Crippen molar-refractivity contribution < 1.29 is 13.9 Å². The molecular formula is C22H27Cl2N2O3PS. The lowest BCUT2D eigenvalue weighted by Gasteiger charge is -2.35. The lowest BCUT2D eigenvalue weighted by molar-refractivity contribution is 0.0922. The van der Waals surface area contributed by atoms with Crippen LogP contribution in [-0.4, -0.2) is 48.2 Å². The van der Waals surface area contributed by atoms with Gasteiger partial charge in [0.05, 0.1) is 6.61 Å². The van der Waals surface area contributed by atoms with Gasteiger partial charge in [-0.05, 0) is 54.3 Å². The van der Waals surface area contributed by atoms with Crippen molar-refractivity contribution in [3.63, 3.8) is 0 Å². The second kappa shape index (κ2) is 10.7. The Labute approximate surface area is 199 Å². The van der Waals surface area contributed by atoms with Gasteiger partial charge in [-0.3, -0.25) is 9.36 Å². The van der Waals surface area contributed by atoms with Crippen molar-refractivity contribution >= 4 is 49.3 Å². The monoisotopic (exact) mass is 500 g/mol. The summed E-state index contributed by atoms with van der Waals surface area (Å²) in [7, 11) is -2.84. The third kappa shape index (κ3) is 6.98. The molecule has 0 bridgehead atoms. The maximum absolute atomic E-state index is 12.8. The lowest BCUT2D eigenvalue weighted by atomic mass is 10.0. The Morgan fingerprint density at radius 1 is 1.19 bits per heavy atom. The van der Waals surface area contributed by atoms with Crippen molar-refractivity contribution in [2.75, 3.05) is 26.4 Å². The summed E-state index contributed by atoms with van der Waals surface area (Å²) in [6.07, 6.45) is 1.43. The topological polar surface area (TPSA) is 58.6 Å². The smallest absolute Gasteiger partial charge is 0.269 e. The highest BCUT2D eigenvalue weighted by Crippen LogP contribution is 2.48. The van der Waals surface area contributed by atoms with Crippen LogP contribution in [0.5, 0.6) is 0 Å². The van der Waals surface area contributed by atoms with E-state index in [4.69, 9.17) is 27.7 Å². The molecule has 1 saturated heterocycles. The van der Waals surface area contributed by atoms with E-state index < -0.39 is 7.52 Å². The van der Waals surface area contributed by atoms with Crippen LogP contribution in [0.3, 0.4) is 0 Å². The molecule has 168 valence electrons. The summed E-state index contributed by atoms with van der Waals surface area (Å²) in [5, 5.41) is 4.22. The largest absolute Gasteiger partial charge is 0.349 e. The van der Waals surface area contributed by atoms with Crippen LogP contribution in [-0.2, 0) is 9.09 Å². The number of nitrogens with one attached hydrogen (secondary N) is 1. The molecule has 0 saturated carbocycles. The first-order chi connectivity index (χ1) is 14.6. The average Bonchev–Trinajstić information content (AvgIpc) is 2.72. The molecule has 0 aliphatic carbocycles. The number of benzene rings is 2. The Morgan fingerprint density at radius 2 is 1.84 bits per heavy atom. The summed E-state index contributed by atoms with van der Waals surface area (Å²) in [6.45, 7) is 5.12. The molecule has 0 aromatic heterocycles. The Morgan fingerprint density at radius 3 is 2.45 bits per heavy atom. The zero-order valence-corrected chi connectivity index (χ0v) is 20.9. The van der Waals surface area contributed by atoms with E-state index in [-0.39, 0.29) is 17.2 Å². The van der Waals surface area contributed by atoms with Gasteiger partial charge in [-0.15, -0.1) is 0 Å². The number of rotatable bonds is 7. The van der Waals surface area contributed by atoms with Crippen LogP contribution >= 0.6 is 43.4 Å². The maximum Gasteiger partial charge on any atom is 0.269 e. The summed E-state index contributed by atoms with van der Waals surface area (Å²) in [4.78, 5) is 12.8. The van der Waals surface area contributed by atoms with Gasteiger partial charge in [0.15, 0.2) is 0 Å². The van der Waals surface area contributed by atoms with Crippen LogP contribution in [0.4, 0.5) is 0 Å². The number of nitrogens with zero attached hydrogens (tertiary/aromatic N) is 1. The molecule has 2 unspecified atom stereocenters. The number of thiol groups is 1. The average molecular weight is 501 g/mol. The van der Waals surface area contributed by atoms with Crippen molar-refractivity contribution in [3.05, 3.63) is 58.1 Å². The molecule has 3 rings (SSSR count). The number of piperidine rings is 1. The van der Waals surface area contributed by atoms with E-state index in [2.05, 4.69) is 17.9 Å². The van der Waals surface area contributed by atoms with Gasteiger partial charge >= 0.3 is 0 Å². The highest BCUT2D eigenvalue weighted by Gasteiger charge is 2.31. The lowest BCUT2D eigenvalue weighted by Crippen LogP contribution is -2.43. The predicted molar refractivity (Wildman–Crippen MR) is 132 cm³/mol. The number of carbonyl (C=O) groups excluding carboxylic acids is 1. The van der Waals surface area contributed by atoms with Gasteiger partial charge in [-0.2, -0.15) is 12.6 Å². The van der Waals surface area contributed by atoms with E-state index in [1.807, 2.05) is 41.9 Å². The first-order valence-corrected chi connectivity index (χ1v) is 13.5. The molecule has 1 aliphatic rings. The van der Waals surface area contributed by atoms with Crippen molar-refractivity contribution in [1.82, 2.24) is 9.99 Å². The molecule has 2 aromatic carbocycles. The van der Waals surface area contributed by atoms with E-state index in [1.165, 1.54) is 0 Å². The zero-order chi connectivity index (χ0) is 22.6. The second-order valence-corrected chi connectivity index (χ2v) is 12.1. The molecule has 2 atom stereocenters. The van der Waals surface area contributed by atoms with E-state index in [0.717, 1.165) is 11.1 Å². The molecule has 31 heavy (non-hydrogen) atoms. The van der Waals surface area contributed by atoms with Crippen LogP contribution in [0.15, 0.2) is 42.5 Å². The Balaban J connectivity index is 1.60. The third-order valence-electron chi connectivity index (χ3n) is 5.20. The minimum atomic E-state index is -2.84. The van der Waals surface area contributed by atoms with Crippen molar-refractivity contribution in [1.29, 1.82) is 0 Å². The fraction of sp³-hybridized carbons (Fsp3) is 0.409. The van der Waals surface area contributed by atoms with Crippen LogP contribution in [0.2, 0.25) is 10.0 Å². The maximum atomic E-state index is 12.8. The quantitative estimate of drug-likeness (QED) is 0.360. The number of amides is 1. The number of carbonyl (C=O) groups is 1. The van der Waals surface area contributed by atoms with Crippen molar-refractivity contribution in [3.8, 4) is 11.1 Å². The van der Waals surface area contributed by atoms with E-state index >= 15 is 0 Å². The number of halogens is 2. The van der Waals surface area contributed by atoms with E-state index in [9.17, 15) is 9.36 Å². The van der Waals surface area contributed by atoms with Gasteiger partial charge < -0.3 is 9.84 Å². The Kier molecular flexibility index (Phi) is 8.53. The molecule has 9 heteroatoms. The summed E-state index contributed by atoms with van der Waals surface area (Å²) in [6, 6.07) is 12.7. The molecule has 1 aliphatic heterocycles. The summed E-state index contributed by atoms with van der Waals surface area (Å²) in [5.41, 5.74) is 2.30. The van der Waals surface area contributed by atoms with Crippen molar-refractivity contribution in [2.45, 2.75) is 31.1 Å². The summed E-state index contributed by atoms with van der Waals surface area (Å²) >= 11 is 16.5. The molecule has 1 N–H and O–H groups in total. The third-order valence-corrected chi connectivity index (χ3v) is 7.84. The Hall–Kier alpha value is -1.01. The molecule has 1 fully saturated rings. The predicted octanol–water partition coefficient (Wildman–Crippen LogP) is 6.01. The fourth-order valence-corrected chi connectivity index (χ4v) is 5.87. The van der Waals surface area contributed by atoms with E-state index in [1.54, 1.807) is 18.8 Å². The standard InChI is InChI=1S/C22H27Cl2N2O3PS/c1-15(31)14-29-30(2,28)26-8-6-21(7-9-26)25-22(27)17-5-3-4-16(10-17)18-11-19(23)13-20(24)12-18/h3-5,10-13,15,21,31H,6-9,14H2,1-2H3,(H,25,27).